The second kappa shape index (κ2) is 5.33. The van der Waals surface area contributed by atoms with E-state index in [0.717, 1.165) is 5.56 Å². The number of hydrogen-bond donors (Lipinski definition) is 0. The van der Waals surface area contributed by atoms with E-state index in [1.54, 1.807) is 30.5 Å². The number of halogens is 1. The normalized spacial score (nSPS) is 9.65. The van der Waals surface area contributed by atoms with Gasteiger partial charge >= 0.3 is 0 Å². The SMILES string of the molecule is N#Cc1cccc(OCc2ccc(Cl)nc2)c1. The number of benzene rings is 1. The van der Waals surface area contributed by atoms with Crippen molar-refractivity contribution in [3.8, 4) is 11.8 Å². The molecule has 0 bridgehead atoms. The molecule has 84 valence electrons. The minimum absolute atomic E-state index is 0.402. The maximum absolute atomic E-state index is 8.75. The monoisotopic (exact) mass is 244 g/mol. The van der Waals surface area contributed by atoms with Gasteiger partial charge in [0.1, 0.15) is 17.5 Å². The van der Waals surface area contributed by atoms with Crippen LogP contribution in [0.1, 0.15) is 11.1 Å². The molecule has 0 aliphatic carbocycles. The Labute approximate surface area is 104 Å². The van der Waals surface area contributed by atoms with E-state index in [0.29, 0.717) is 23.1 Å². The third-order valence-electron chi connectivity index (χ3n) is 2.16. The fourth-order valence-corrected chi connectivity index (χ4v) is 1.43. The molecule has 4 heteroatoms. The Morgan fingerprint density at radius 2 is 2.18 bits per heavy atom. The van der Waals surface area contributed by atoms with Crippen molar-refractivity contribution in [3.05, 3.63) is 58.9 Å². The molecule has 0 amide bonds. The van der Waals surface area contributed by atoms with E-state index >= 15 is 0 Å². The minimum Gasteiger partial charge on any atom is -0.489 e. The Hall–Kier alpha value is -2.05. The van der Waals surface area contributed by atoms with Crippen LogP contribution in [0, 0.1) is 11.3 Å². The van der Waals surface area contributed by atoms with Crippen LogP contribution in [0.4, 0.5) is 0 Å². The molecule has 0 atom stereocenters. The van der Waals surface area contributed by atoms with Crippen LogP contribution in [-0.4, -0.2) is 4.98 Å². The van der Waals surface area contributed by atoms with Crippen LogP contribution in [0.25, 0.3) is 0 Å². The number of nitriles is 1. The van der Waals surface area contributed by atoms with E-state index < -0.39 is 0 Å². The van der Waals surface area contributed by atoms with Crippen molar-refractivity contribution in [1.29, 1.82) is 5.26 Å². The second-order valence-electron chi connectivity index (χ2n) is 3.42. The molecule has 1 heterocycles. The van der Waals surface area contributed by atoms with E-state index in [1.807, 2.05) is 12.1 Å². The standard InChI is InChI=1S/C13H9ClN2O/c14-13-5-4-11(8-16-13)9-17-12-3-1-2-10(6-12)7-15/h1-6,8H,9H2. The Morgan fingerprint density at radius 3 is 2.88 bits per heavy atom. The zero-order valence-electron chi connectivity index (χ0n) is 8.93. The fourth-order valence-electron chi connectivity index (χ4n) is 1.31. The van der Waals surface area contributed by atoms with Crippen molar-refractivity contribution >= 4 is 11.6 Å². The van der Waals surface area contributed by atoms with E-state index in [2.05, 4.69) is 11.1 Å². The topological polar surface area (TPSA) is 45.9 Å². The van der Waals surface area contributed by atoms with Crippen molar-refractivity contribution in [2.24, 2.45) is 0 Å². The molecule has 0 radical (unpaired) electrons. The van der Waals surface area contributed by atoms with Gasteiger partial charge in [-0.25, -0.2) is 4.98 Å². The van der Waals surface area contributed by atoms with E-state index in [-0.39, 0.29) is 0 Å². The summed E-state index contributed by atoms with van der Waals surface area (Å²) in [5, 5.41) is 9.21. The van der Waals surface area contributed by atoms with Gasteiger partial charge in [-0.3, -0.25) is 0 Å². The minimum atomic E-state index is 0.402. The number of ether oxygens (including phenoxy) is 1. The predicted molar refractivity (Wildman–Crippen MR) is 64.7 cm³/mol. The first-order valence-electron chi connectivity index (χ1n) is 5.01. The molecule has 3 nitrogen and oxygen atoms in total. The van der Waals surface area contributed by atoms with Gasteiger partial charge in [0.05, 0.1) is 11.6 Å². The average molecular weight is 245 g/mol. The van der Waals surface area contributed by atoms with Crippen molar-refractivity contribution in [2.45, 2.75) is 6.61 Å². The van der Waals surface area contributed by atoms with Crippen molar-refractivity contribution in [3.63, 3.8) is 0 Å². The highest BCUT2D eigenvalue weighted by atomic mass is 35.5. The van der Waals surface area contributed by atoms with Gasteiger partial charge in [0.15, 0.2) is 0 Å². The largest absolute Gasteiger partial charge is 0.489 e. The molecule has 0 aliphatic rings. The molecule has 0 fully saturated rings. The van der Waals surface area contributed by atoms with Crippen LogP contribution < -0.4 is 4.74 Å². The fraction of sp³-hybridized carbons (Fsp3) is 0.0769. The predicted octanol–water partition coefficient (Wildman–Crippen LogP) is 3.19. The Morgan fingerprint density at radius 1 is 1.29 bits per heavy atom. The second-order valence-corrected chi connectivity index (χ2v) is 3.80. The lowest BCUT2D eigenvalue weighted by molar-refractivity contribution is 0.305. The Balaban J connectivity index is 2.02. The summed E-state index contributed by atoms with van der Waals surface area (Å²) in [5.74, 6) is 0.666. The van der Waals surface area contributed by atoms with Gasteiger partial charge in [0.2, 0.25) is 0 Å². The summed E-state index contributed by atoms with van der Waals surface area (Å²) in [6.07, 6.45) is 1.66. The van der Waals surface area contributed by atoms with Crippen LogP contribution in [0.5, 0.6) is 5.75 Å². The highest BCUT2D eigenvalue weighted by Gasteiger charge is 1.98. The molecule has 2 rings (SSSR count). The van der Waals surface area contributed by atoms with Crippen LogP contribution in [-0.2, 0) is 6.61 Å². The summed E-state index contributed by atoms with van der Waals surface area (Å²) in [6.45, 7) is 0.402. The van der Waals surface area contributed by atoms with Gasteiger partial charge in [-0.2, -0.15) is 5.26 Å². The first kappa shape index (κ1) is 11.4. The number of aromatic nitrogens is 1. The number of rotatable bonds is 3. The van der Waals surface area contributed by atoms with Crippen LogP contribution in [0.15, 0.2) is 42.6 Å². The molecule has 0 spiro atoms. The molecular formula is C13H9ClN2O. The van der Waals surface area contributed by atoms with Gasteiger partial charge in [0.25, 0.3) is 0 Å². The highest BCUT2D eigenvalue weighted by Crippen LogP contribution is 2.14. The smallest absolute Gasteiger partial charge is 0.129 e. The van der Waals surface area contributed by atoms with Crippen LogP contribution >= 0.6 is 11.6 Å². The molecule has 0 saturated heterocycles. The summed E-state index contributed by atoms with van der Waals surface area (Å²) >= 11 is 5.68. The molecule has 1 aromatic heterocycles. The average Bonchev–Trinajstić information content (AvgIpc) is 2.38. The lowest BCUT2D eigenvalue weighted by Gasteiger charge is -2.05. The van der Waals surface area contributed by atoms with E-state index in [4.69, 9.17) is 21.6 Å². The molecular weight excluding hydrogens is 236 g/mol. The van der Waals surface area contributed by atoms with Crippen molar-refractivity contribution < 1.29 is 4.74 Å². The first-order chi connectivity index (χ1) is 8.28. The molecule has 0 saturated carbocycles. The van der Waals surface area contributed by atoms with Gasteiger partial charge < -0.3 is 4.74 Å². The van der Waals surface area contributed by atoms with Crippen molar-refractivity contribution in [2.75, 3.05) is 0 Å². The van der Waals surface area contributed by atoms with E-state index in [1.165, 1.54) is 0 Å². The number of nitrogens with zero attached hydrogens (tertiary/aromatic N) is 2. The third kappa shape index (κ3) is 3.20. The first-order valence-corrected chi connectivity index (χ1v) is 5.39. The molecule has 0 N–H and O–H groups in total. The molecule has 0 aliphatic heterocycles. The van der Waals surface area contributed by atoms with Gasteiger partial charge in [0, 0.05) is 11.8 Å². The van der Waals surface area contributed by atoms with Crippen LogP contribution in [0.2, 0.25) is 5.15 Å². The molecule has 0 unspecified atom stereocenters. The maximum Gasteiger partial charge on any atom is 0.129 e. The number of hydrogen-bond acceptors (Lipinski definition) is 3. The quantitative estimate of drug-likeness (QED) is 0.779. The van der Waals surface area contributed by atoms with Gasteiger partial charge in [-0.1, -0.05) is 23.7 Å². The third-order valence-corrected chi connectivity index (χ3v) is 2.38. The van der Waals surface area contributed by atoms with Crippen molar-refractivity contribution in [1.82, 2.24) is 4.98 Å². The zero-order valence-corrected chi connectivity index (χ0v) is 9.69. The zero-order chi connectivity index (χ0) is 12.1. The lowest BCUT2D eigenvalue weighted by Crippen LogP contribution is -1.96. The summed E-state index contributed by atoms with van der Waals surface area (Å²) in [6, 6.07) is 12.7. The van der Waals surface area contributed by atoms with Gasteiger partial charge in [-0.05, 0) is 24.3 Å². The highest BCUT2D eigenvalue weighted by molar-refractivity contribution is 6.29. The number of pyridine rings is 1. The maximum atomic E-state index is 8.75. The Kier molecular flexibility index (Phi) is 3.59. The van der Waals surface area contributed by atoms with Gasteiger partial charge in [-0.15, -0.1) is 0 Å². The molecule has 17 heavy (non-hydrogen) atoms. The van der Waals surface area contributed by atoms with E-state index in [9.17, 15) is 0 Å². The summed E-state index contributed by atoms with van der Waals surface area (Å²) < 4.78 is 5.54. The molecule has 2 aromatic rings. The summed E-state index contributed by atoms with van der Waals surface area (Å²) in [5.41, 5.74) is 1.51. The lowest BCUT2D eigenvalue weighted by atomic mass is 10.2. The summed E-state index contributed by atoms with van der Waals surface area (Å²) in [7, 11) is 0. The summed E-state index contributed by atoms with van der Waals surface area (Å²) in [4.78, 5) is 3.96. The van der Waals surface area contributed by atoms with Crippen LogP contribution in [0.3, 0.4) is 0 Å². The molecule has 1 aromatic carbocycles. The Bertz CT molecular complexity index is 546.